The Bertz CT molecular complexity index is 3790. The fourth-order valence-corrected chi connectivity index (χ4v) is 16.5. The van der Waals surface area contributed by atoms with Crippen LogP contribution in [0.2, 0.25) is 0 Å². The van der Waals surface area contributed by atoms with Crippen molar-refractivity contribution in [3.8, 4) is 34.5 Å². The van der Waals surface area contributed by atoms with E-state index >= 15 is 0 Å². The van der Waals surface area contributed by atoms with E-state index in [4.69, 9.17) is 27.1 Å². The van der Waals surface area contributed by atoms with Crippen LogP contribution >= 0.6 is 23.5 Å². The summed E-state index contributed by atoms with van der Waals surface area (Å²) in [5.41, 5.74) is 11.4. The van der Waals surface area contributed by atoms with Gasteiger partial charge in [-0.25, -0.2) is 13.7 Å². The third-order valence-electron chi connectivity index (χ3n) is 20.8. The van der Waals surface area contributed by atoms with E-state index in [1.165, 1.54) is 0 Å². The summed E-state index contributed by atoms with van der Waals surface area (Å²) in [4.78, 5) is 40.2. The Morgan fingerprint density at radius 1 is 0.239 bits per heavy atom. The summed E-state index contributed by atoms with van der Waals surface area (Å²) < 4.78 is 74.8. The number of fused-ring (bicyclic) bond motifs is 6. The maximum Gasteiger partial charge on any atom is 3.00 e. The number of aliphatic hydroxyl groups is 3. The summed E-state index contributed by atoms with van der Waals surface area (Å²) in [6.07, 6.45) is 0. The van der Waals surface area contributed by atoms with Crippen LogP contribution in [-0.2, 0) is 78.7 Å². The molecule has 3 aliphatic rings. The van der Waals surface area contributed by atoms with Crippen molar-refractivity contribution in [2.75, 3.05) is 19.8 Å². The van der Waals surface area contributed by atoms with Crippen LogP contribution in [-0.4, -0.2) is 52.5 Å². The number of aliphatic hydroxyl groups excluding tert-OH is 3. The first-order chi connectivity index (χ1) is 48.2. The Balaban J connectivity index is 0.000000254. The second kappa shape index (κ2) is 30.7. The Hall–Kier alpha value is -4.90. The van der Waals surface area contributed by atoms with Gasteiger partial charge in [0.2, 0.25) is 0 Å². The van der Waals surface area contributed by atoms with Gasteiger partial charge in [0.25, 0.3) is 0 Å². The molecule has 19 heteroatoms. The first-order valence-electron chi connectivity index (χ1n) is 38.2. The Morgan fingerprint density at radius 2 is 0.349 bits per heavy atom. The Labute approximate surface area is 666 Å². The monoisotopic (exact) mass is 1570 g/mol. The molecule has 0 amide bonds. The largest absolute Gasteiger partial charge is 3.00 e. The van der Waals surface area contributed by atoms with E-state index in [1.807, 2.05) is 197 Å². The van der Waals surface area contributed by atoms with Crippen molar-refractivity contribution in [2.45, 2.75) is 332 Å². The molecule has 0 saturated carbocycles. The van der Waals surface area contributed by atoms with Gasteiger partial charge in [-0.2, -0.15) is 0 Å². The molecule has 0 aliphatic carbocycles. The number of phosphoric ester groups is 3. The van der Waals surface area contributed by atoms with Crippen molar-refractivity contribution < 1.29 is 70.8 Å². The fraction of sp³-hybridized carbons (Fsp3) is 0.600. The zero-order chi connectivity index (χ0) is 82.9. The van der Waals surface area contributed by atoms with Crippen LogP contribution in [0.3, 0.4) is 0 Å². The molecule has 0 bridgehead atoms. The van der Waals surface area contributed by atoms with Gasteiger partial charge in [0, 0.05) is 84.5 Å². The van der Waals surface area contributed by atoms with Gasteiger partial charge in [0.1, 0.15) is 34.5 Å². The van der Waals surface area contributed by atoms with Crippen LogP contribution < -0.4 is 41.8 Å². The Morgan fingerprint density at radius 3 is 0.431 bits per heavy atom. The normalized spacial score (nSPS) is 20.8. The van der Waals surface area contributed by atoms with Crippen molar-refractivity contribution in [1.29, 1.82) is 0 Å². The van der Waals surface area contributed by atoms with Gasteiger partial charge >= 0.3 is 40.8 Å². The van der Waals surface area contributed by atoms with Gasteiger partial charge in [0.05, 0.1) is 19.8 Å². The van der Waals surface area contributed by atoms with E-state index in [0.29, 0.717) is 33.4 Å². The number of hydrogen-bond acceptors (Lipinski definition) is 15. The topological polar surface area (TPSA) is 236 Å². The molecule has 0 radical (unpaired) electrons. The van der Waals surface area contributed by atoms with Crippen molar-refractivity contribution in [3.63, 3.8) is 0 Å². The summed E-state index contributed by atoms with van der Waals surface area (Å²) >= 11 is 0. The van der Waals surface area contributed by atoms with Gasteiger partial charge in [-0.05, 0) is 98.4 Å². The van der Waals surface area contributed by atoms with Gasteiger partial charge in [-0.3, -0.25) is 0 Å². The standard InChI is InChI=1S/3C30H45O5P.Al/c3*1-27(2,3)18-13-20-22(17-31)21-14-19(28(4,5)6)16-24(30(10,11)12)26(21)35-36(32,33)34-25(20)23(15-18)29(7,8)9;/h3*13-16,22,31H,17H2,1-12H3,(H,32,33);/q;;;+3/p-3. The van der Waals surface area contributed by atoms with Gasteiger partial charge in [-0.15, -0.1) is 0 Å². The van der Waals surface area contributed by atoms with E-state index in [2.05, 4.69) is 125 Å². The maximum absolute atomic E-state index is 13.4. The molecule has 0 aromatic heterocycles. The summed E-state index contributed by atoms with van der Waals surface area (Å²) in [5.74, 6) is -0.0108. The zero-order valence-electron chi connectivity index (χ0n) is 72.9. The van der Waals surface area contributed by atoms with E-state index in [1.54, 1.807) is 0 Å². The minimum atomic E-state index is -4.80. The quantitative estimate of drug-likeness (QED) is 0.110. The molecular weight excluding hydrogens is 1440 g/mol. The summed E-state index contributed by atoms with van der Waals surface area (Å²) in [7, 11) is -14.4. The molecule has 0 fully saturated rings. The minimum Gasteiger partial charge on any atom is -0.736 e. The van der Waals surface area contributed by atoms with E-state index in [-0.39, 0.29) is 104 Å². The summed E-state index contributed by atoms with van der Waals surface area (Å²) in [6.45, 7) is 74.3. The van der Waals surface area contributed by atoms with Crippen molar-refractivity contribution in [2.24, 2.45) is 0 Å². The molecule has 3 heterocycles. The molecule has 109 heavy (non-hydrogen) atoms. The van der Waals surface area contributed by atoms with Crippen LogP contribution in [0.1, 0.15) is 367 Å². The molecule has 3 aliphatic heterocycles. The molecule has 9 rings (SSSR count). The number of hydrogen-bond donors (Lipinski definition) is 3. The number of rotatable bonds is 3. The Kier molecular flexibility index (Phi) is 26.2. The summed E-state index contributed by atoms with van der Waals surface area (Å²) in [6, 6.07) is 24.2. The SMILES string of the molecule is CC(C)(C)c1cc2c(c(C(C)(C)C)c1)OP(=O)([O-])Oc1c(cc(C(C)(C)C)cc1C(C)(C)C)C2CO.CC(C)(C)c1cc2c(c(C(C)(C)C)c1)OP(=O)([O-])Oc1c(cc(C(C)(C)C)cc1C(C)(C)C)C2CO.CC(C)(C)c1cc2c(c(C(C)(C)C)c1)OP(=O)([O-])Oc1c(cc(C(C)(C)C)cc1C(C)(C)C)C2CO.[Al+3]. The van der Waals surface area contributed by atoms with Crippen molar-refractivity contribution in [3.05, 3.63) is 173 Å². The molecule has 15 nitrogen and oxygen atoms in total. The van der Waals surface area contributed by atoms with Crippen molar-refractivity contribution in [1.82, 2.24) is 0 Å². The van der Waals surface area contributed by atoms with Crippen LogP contribution in [0.15, 0.2) is 72.8 Å². The average Bonchev–Trinajstić information content (AvgIpc) is 0.743. The third-order valence-corrected chi connectivity index (χ3v) is 23.2. The predicted octanol–water partition coefficient (Wildman–Crippen LogP) is 21.3. The first-order valence-corrected chi connectivity index (χ1v) is 42.6. The van der Waals surface area contributed by atoms with E-state index in [0.717, 1.165) is 66.8 Å². The molecule has 0 unspecified atom stereocenters. The van der Waals surface area contributed by atoms with Crippen LogP contribution in [0, 0.1) is 0 Å². The van der Waals surface area contributed by atoms with Gasteiger partial charge in [0.15, 0.2) is 0 Å². The molecular formula is C90H132AlO15P3. The van der Waals surface area contributed by atoms with Crippen LogP contribution in [0.25, 0.3) is 0 Å². The molecule has 600 valence electrons. The molecule has 0 atom stereocenters. The molecule has 6 aromatic rings. The number of phosphoric acid groups is 3. The van der Waals surface area contributed by atoms with Gasteiger partial charge in [-0.1, -0.05) is 322 Å². The second-order valence-corrected chi connectivity index (χ2v) is 46.5. The van der Waals surface area contributed by atoms with Crippen LogP contribution in [0.5, 0.6) is 34.5 Å². The van der Waals surface area contributed by atoms with Crippen LogP contribution in [0.4, 0.5) is 0 Å². The average molecular weight is 1570 g/mol. The fourth-order valence-electron chi connectivity index (χ4n) is 13.8. The molecule has 0 spiro atoms. The zero-order valence-corrected chi connectivity index (χ0v) is 76.8. The summed E-state index contributed by atoms with van der Waals surface area (Å²) in [5, 5.41) is 32.5. The predicted molar refractivity (Wildman–Crippen MR) is 442 cm³/mol. The smallest absolute Gasteiger partial charge is 0.736 e. The minimum absolute atomic E-state index is 0. The first kappa shape index (κ1) is 93.0. The van der Waals surface area contributed by atoms with Crippen molar-refractivity contribution >= 4 is 40.8 Å². The maximum atomic E-state index is 13.4. The van der Waals surface area contributed by atoms with E-state index < -0.39 is 73.7 Å². The number of benzene rings is 6. The second-order valence-electron chi connectivity index (χ2n) is 42.7. The third kappa shape index (κ3) is 21.2. The van der Waals surface area contributed by atoms with E-state index in [9.17, 15) is 43.7 Å². The molecule has 0 saturated heterocycles. The molecule has 6 aromatic carbocycles. The molecule has 3 N–H and O–H groups in total. The van der Waals surface area contributed by atoms with Gasteiger partial charge < -0.3 is 57.1 Å².